The molecule has 0 radical (unpaired) electrons. The van der Waals surface area contributed by atoms with E-state index in [1.807, 2.05) is 44.2 Å². The zero-order valence-corrected chi connectivity index (χ0v) is 15.2. The molecule has 0 aliphatic rings. The second-order valence-corrected chi connectivity index (χ2v) is 6.72. The molecule has 1 aromatic heterocycles. The number of hydrogen-bond acceptors (Lipinski definition) is 3. The third kappa shape index (κ3) is 3.52. The molecule has 1 heterocycles. The SMILES string of the molecule is COc1nc(-c2ccc3cccc(F)c3c2)ccc1CC(C#N)C(C)C. The lowest BCUT2D eigenvalue weighted by Gasteiger charge is -2.15. The van der Waals surface area contributed by atoms with Crippen molar-refractivity contribution in [1.82, 2.24) is 4.98 Å². The van der Waals surface area contributed by atoms with Crippen molar-refractivity contribution in [2.24, 2.45) is 11.8 Å². The topological polar surface area (TPSA) is 45.9 Å². The van der Waals surface area contributed by atoms with Gasteiger partial charge in [0.15, 0.2) is 0 Å². The normalized spacial score (nSPS) is 12.2. The van der Waals surface area contributed by atoms with Gasteiger partial charge < -0.3 is 4.74 Å². The van der Waals surface area contributed by atoms with Crippen LogP contribution < -0.4 is 4.74 Å². The van der Waals surface area contributed by atoms with E-state index in [0.717, 1.165) is 16.5 Å². The summed E-state index contributed by atoms with van der Waals surface area (Å²) in [6.07, 6.45) is 0.594. The lowest BCUT2D eigenvalue weighted by atomic mass is 9.90. The van der Waals surface area contributed by atoms with Crippen molar-refractivity contribution in [3.05, 3.63) is 59.9 Å². The van der Waals surface area contributed by atoms with Gasteiger partial charge in [0, 0.05) is 16.5 Å². The number of aromatic nitrogens is 1. The van der Waals surface area contributed by atoms with Crippen LogP contribution in [0.1, 0.15) is 19.4 Å². The van der Waals surface area contributed by atoms with Gasteiger partial charge >= 0.3 is 0 Å². The molecule has 3 rings (SSSR count). The van der Waals surface area contributed by atoms with Crippen molar-refractivity contribution in [3.8, 4) is 23.2 Å². The largest absolute Gasteiger partial charge is 0.481 e. The molecule has 0 spiro atoms. The van der Waals surface area contributed by atoms with Gasteiger partial charge in [0.05, 0.1) is 24.8 Å². The van der Waals surface area contributed by atoms with E-state index in [1.54, 1.807) is 19.2 Å². The predicted molar refractivity (Wildman–Crippen MR) is 101 cm³/mol. The van der Waals surface area contributed by atoms with Crippen molar-refractivity contribution in [2.45, 2.75) is 20.3 Å². The molecule has 0 amide bonds. The molecule has 0 aliphatic carbocycles. The van der Waals surface area contributed by atoms with Crippen LogP contribution in [-0.2, 0) is 6.42 Å². The third-order valence-corrected chi connectivity index (χ3v) is 4.67. The molecule has 1 unspecified atom stereocenters. The lowest BCUT2D eigenvalue weighted by Crippen LogP contribution is -2.11. The van der Waals surface area contributed by atoms with Crippen LogP contribution in [0, 0.1) is 29.0 Å². The Bertz CT molecular complexity index is 976. The molecule has 0 saturated carbocycles. The van der Waals surface area contributed by atoms with Gasteiger partial charge in [0.2, 0.25) is 5.88 Å². The number of halogens is 1. The van der Waals surface area contributed by atoms with Crippen molar-refractivity contribution >= 4 is 10.8 Å². The summed E-state index contributed by atoms with van der Waals surface area (Å²) in [5.41, 5.74) is 2.45. The van der Waals surface area contributed by atoms with Gasteiger partial charge in [0.25, 0.3) is 0 Å². The van der Waals surface area contributed by atoms with Gasteiger partial charge in [-0.3, -0.25) is 0 Å². The minimum absolute atomic E-state index is 0.0914. The van der Waals surface area contributed by atoms with Crippen LogP contribution in [0.25, 0.3) is 22.0 Å². The fourth-order valence-electron chi connectivity index (χ4n) is 3.02. The summed E-state index contributed by atoms with van der Waals surface area (Å²) in [6.45, 7) is 4.07. The maximum absolute atomic E-state index is 14.1. The van der Waals surface area contributed by atoms with E-state index in [0.29, 0.717) is 23.4 Å². The highest BCUT2D eigenvalue weighted by Crippen LogP contribution is 2.29. The zero-order valence-electron chi connectivity index (χ0n) is 15.2. The van der Waals surface area contributed by atoms with Crippen molar-refractivity contribution in [1.29, 1.82) is 5.26 Å². The van der Waals surface area contributed by atoms with Gasteiger partial charge in [-0.25, -0.2) is 9.37 Å². The Hall–Kier alpha value is -2.93. The summed E-state index contributed by atoms with van der Waals surface area (Å²) in [4.78, 5) is 4.59. The van der Waals surface area contributed by atoms with Crippen LogP contribution in [0.3, 0.4) is 0 Å². The second kappa shape index (κ2) is 7.53. The number of benzene rings is 2. The van der Waals surface area contributed by atoms with Crippen LogP contribution in [0.2, 0.25) is 0 Å². The summed E-state index contributed by atoms with van der Waals surface area (Å²) in [5.74, 6) is 0.429. The van der Waals surface area contributed by atoms with Crippen molar-refractivity contribution < 1.29 is 9.13 Å². The highest BCUT2D eigenvalue weighted by molar-refractivity contribution is 5.87. The molecule has 1 atom stereocenters. The summed E-state index contributed by atoms with van der Waals surface area (Å²) >= 11 is 0. The van der Waals surface area contributed by atoms with Crippen LogP contribution in [0.15, 0.2) is 48.5 Å². The van der Waals surface area contributed by atoms with E-state index < -0.39 is 0 Å². The maximum atomic E-state index is 14.1. The quantitative estimate of drug-likeness (QED) is 0.621. The Kier molecular flexibility index (Phi) is 5.18. The molecule has 132 valence electrons. The average Bonchev–Trinajstić information content (AvgIpc) is 2.66. The third-order valence-electron chi connectivity index (χ3n) is 4.67. The fraction of sp³-hybridized carbons (Fsp3) is 0.273. The van der Waals surface area contributed by atoms with Crippen molar-refractivity contribution in [3.63, 3.8) is 0 Å². The molecule has 0 saturated heterocycles. The van der Waals surface area contributed by atoms with Crippen LogP contribution in [0.5, 0.6) is 5.88 Å². The number of nitriles is 1. The first-order valence-corrected chi connectivity index (χ1v) is 8.65. The minimum atomic E-state index is -0.248. The minimum Gasteiger partial charge on any atom is -0.481 e. The Labute approximate surface area is 153 Å². The van der Waals surface area contributed by atoms with E-state index in [1.165, 1.54) is 6.07 Å². The standard InChI is InChI=1S/C22H21FN2O/c1-14(2)18(13-24)11-17-9-10-21(25-22(17)26-3)16-8-7-15-5-4-6-20(23)19(15)12-16/h4-10,12,14,18H,11H2,1-3H3. The van der Waals surface area contributed by atoms with Crippen LogP contribution in [0.4, 0.5) is 4.39 Å². The molecule has 26 heavy (non-hydrogen) atoms. The number of hydrogen-bond donors (Lipinski definition) is 0. The molecular weight excluding hydrogens is 327 g/mol. The number of fused-ring (bicyclic) bond motifs is 1. The fourth-order valence-corrected chi connectivity index (χ4v) is 3.02. The summed E-state index contributed by atoms with van der Waals surface area (Å²) in [7, 11) is 1.58. The van der Waals surface area contributed by atoms with E-state index in [-0.39, 0.29) is 17.7 Å². The van der Waals surface area contributed by atoms with Gasteiger partial charge in [-0.1, -0.05) is 44.2 Å². The van der Waals surface area contributed by atoms with Crippen LogP contribution >= 0.6 is 0 Å². The highest BCUT2D eigenvalue weighted by Gasteiger charge is 2.17. The molecule has 0 N–H and O–H groups in total. The van der Waals surface area contributed by atoms with Gasteiger partial charge in [-0.05, 0) is 35.9 Å². The van der Waals surface area contributed by atoms with Crippen molar-refractivity contribution in [2.75, 3.05) is 7.11 Å². The van der Waals surface area contributed by atoms with Crippen LogP contribution in [-0.4, -0.2) is 12.1 Å². The second-order valence-electron chi connectivity index (χ2n) is 6.72. The number of ether oxygens (including phenoxy) is 1. The average molecular weight is 348 g/mol. The first kappa shape index (κ1) is 17.9. The van der Waals surface area contributed by atoms with Gasteiger partial charge in [-0.2, -0.15) is 5.26 Å². The number of nitrogens with zero attached hydrogens (tertiary/aromatic N) is 2. The molecular formula is C22H21FN2O. The molecule has 0 aliphatic heterocycles. The molecule has 3 nitrogen and oxygen atoms in total. The van der Waals surface area contributed by atoms with E-state index in [4.69, 9.17) is 4.74 Å². The molecule has 0 fully saturated rings. The Morgan fingerprint density at radius 3 is 2.65 bits per heavy atom. The number of methoxy groups -OCH3 is 1. The monoisotopic (exact) mass is 348 g/mol. The van der Waals surface area contributed by atoms with E-state index in [2.05, 4.69) is 11.1 Å². The summed E-state index contributed by atoms with van der Waals surface area (Å²) in [5, 5.41) is 10.8. The number of rotatable bonds is 5. The lowest BCUT2D eigenvalue weighted by molar-refractivity contribution is 0.385. The smallest absolute Gasteiger partial charge is 0.216 e. The first-order valence-electron chi connectivity index (χ1n) is 8.65. The van der Waals surface area contributed by atoms with Gasteiger partial charge in [-0.15, -0.1) is 0 Å². The summed E-state index contributed by atoms with van der Waals surface area (Å²) < 4.78 is 19.5. The molecule has 4 heteroatoms. The van der Waals surface area contributed by atoms with E-state index >= 15 is 0 Å². The highest BCUT2D eigenvalue weighted by atomic mass is 19.1. The summed E-state index contributed by atoms with van der Waals surface area (Å²) in [6, 6.07) is 16.8. The first-order chi connectivity index (χ1) is 12.5. The number of pyridine rings is 1. The van der Waals surface area contributed by atoms with E-state index in [9.17, 15) is 9.65 Å². The predicted octanol–water partition coefficient (Wildman–Crippen LogP) is 5.39. The maximum Gasteiger partial charge on any atom is 0.216 e. The Morgan fingerprint density at radius 2 is 1.96 bits per heavy atom. The van der Waals surface area contributed by atoms with Gasteiger partial charge in [0.1, 0.15) is 5.82 Å². The molecule has 0 bridgehead atoms. The Morgan fingerprint density at radius 1 is 1.15 bits per heavy atom. The molecule has 2 aromatic carbocycles. The molecule has 3 aromatic rings. The zero-order chi connectivity index (χ0) is 18.7. The Balaban J connectivity index is 1.99.